The van der Waals surface area contributed by atoms with E-state index in [9.17, 15) is 14.4 Å². The van der Waals surface area contributed by atoms with Crippen molar-refractivity contribution in [2.75, 3.05) is 6.61 Å². The number of aliphatic carboxylic acids is 1. The molecular formula is C28H34N2O5. The second kappa shape index (κ2) is 11.4. The number of alkyl carbamates (subject to hydrolysis) is 1. The zero-order chi connectivity index (χ0) is 24.8. The van der Waals surface area contributed by atoms with Crippen molar-refractivity contribution in [1.29, 1.82) is 0 Å². The van der Waals surface area contributed by atoms with Gasteiger partial charge in [0.2, 0.25) is 5.91 Å². The molecule has 4 rings (SSSR count). The van der Waals surface area contributed by atoms with Gasteiger partial charge in [0.15, 0.2) is 0 Å². The molecule has 35 heavy (non-hydrogen) atoms. The van der Waals surface area contributed by atoms with E-state index in [-0.39, 0.29) is 36.8 Å². The van der Waals surface area contributed by atoms with Gasteiger partial charge in [0.1, 0.15) is 12.6 Å². The molecule has 0 spiro atoms. The van der Waals surface area contributed by atoms with Gasteiger partial charge in [0.25, 0.3) is 0 Å². The maximum Gasteiger partial charge on any atom is 0.407 e. The molecular weight excluding hydrogens is 444 g/mol. The third-order valence-corrected chi connectivity index (χ3v) is 7.34. The molecule has 1 saturated carbocycles. The number of carbonyl (C=O) groups excluding carboxylic acids is 2. The smallest absolute Gasteiger partial charge is 0.407 e. The van der Waals surface area contributed by atoms with Gasteiger partial charge in [0.05, 0.1) is 0 Å². The van der Waals surface area contributed by atoms with Crippen LogP contribution < -0.4 is 10.6 Å². The van der Waals surface area contributed by atoms with Gasteiger partial charge in [-0.05, 0) is 53.9 Å². The lowest BCUT2D eigenvalue weighted by molar-refractivity contribution is -0.141. The van der Waals surface area contributed by atoms with Crippen LogP contribution in [0.4, 0.5) is 4.79 Å². The third kappa shape index (κ3) is 5.84. The summed E-state index contributed by atoms with van der Waals surface area (Å²) in [4.78, 5) is 36.2. The van der Waals surface area contributed by atoms with Crippen LogP contribution in [0.3, 0.4) is 0 Å². The van der Waals surface area contributed by atoms with Gasteiger partial charge >= 0.3 is 12.1 Å². The lowest BCUT2D eigenvalue weighted by Crippen LogP contribution is -2.44. The molecule has 2 aliphatic carbocycles. The summed E-state index contributed by atoms with van der Waals surface area (Å²) in [5.74, 6) is -1.10. The van der Waals surface area contributed by atoms with Crippen LogP contribution in [-0.4, -0.2) is 41.8 Å². The van der Waals surface area contributed by atoms with Crippen molar-refractivity contribution >= 4 is 18.0 Å². The molecule has 7 heteroatoms. The molecule has 2 amide bonds. The molecule has 0 aromatic heterocycles. The predicted octanol–water partition coefficient (Wildman–Crippen LogP) is 4.84. The molecule has 0 bridgehead atoms. The van der Waals surface area contributed by atoms with Crippen LogP contribution in [-0.2, 0) is 14.3 Å². The summed E-state index contributed by atoms with van der Waals surface area (Å²) in [5.41, 5.74) is 4.73. The van der Waals surface area contributed by atoms with Crippen LogP contribution in [0.2, 0.25) is 0 Å². The lowest BCUT2D eigenvalue weighted by atomic mass is 9.81. The van der Waals surface area contributed by atoms with Crippen molar-refractivity contribution in [3.05, 3.63) is 59.7 Å². The molecule has 1 fully saturated rings. The van der Waals surface area contributed by atoms with Gasteiger partial charge in [-0.3, -0.25) is 4.79 Å². The standard InChI is InChI=1S/C28H34N2O5/c1-2-24(27(32)33)29-26(31)16-15-18-9-3-8-14-25(18)30-28(34)35-17-23-21-12-6-4-10-19(21)20-11-5-7-13-22(20)23/h4-7,10-13,18,23-25H,2-3,8-9,14-17H2,1H3,(H,29,31)(H,30,34)(H,32,33). The van der Waals surface area contributed by atoms with Gasteiger partial charge in [-0.15, -0.1) is 0 Å². The van der Waals surface area contributed by atoms with E-state index in [1.165, 1.54) is 22.3 Å². The van der Waals surface area contributed by atoms with E-state index >= 15 is 0 Å². The van der Waals surface area contributed by atoms with E-state index in [0.29, 0.717) is 12.8 Å². The largest absolute Gasteiger partial charge is 0.480 e. The number of benzene rings is 2. The summed E-state index contributed by atoms with van der Waals surface area (Å²) < 4.78 is 5.72. The first-order valence-electron chi connectivity index (χ1n) is 12.6. The van der Waals surface area contributed by atoms with Gasteiger partial charge in [-0.2, -0.15) is 0 Å². The molecule has 2 aliphatic rings. The van der Waals surface area contributed by atoms with E-state index in [4.69, 9.17) is 9.84 Å². The van der Waals surface area contributed by atoms with E-state index in [2.05, 4.69) is 34.9 Å². The Morgan fingerprint density at radius 2 is 1.63 bits per heavy atom. The number of nitrogens with one attached hydrogen (secondary N) is 2. The third-order valence-electron chi connectivity index (χ3n) is 7.34. The number of ether oxygens (including phenoxy) is 1. The number of hydrogen-bond acceptors (Lipinski definition) is 4. The van der Waals surface area contributed by atoms with Crippen molar-refractivity contribution in [2.24, 2.45) is 5.92 Å². The Morgan fingerprint density at radius 1 is 1.00 bits per heavy atom. The van der Waals surface area contributed by atoms with E-state index < -0.39 is 18.1 Å². The number of hydrogen-bond donors (Lipinski definition) is 3. The maximum absolute atomic E-state index is 12.8. The molecule has 186 valence electrons. The maximum atomic E-state index is 12.8. The van der Waals surface area contributed by atoms with Gasteiger partial charge in [-0.1, -0.05) is 68.3 Å². The molecule has 0 radical (unpaired) electrons. The van der Waals surface area contributed by atoms with Gasteiger partial charge in [-0.25, -0.2) is 9.59 Å². The van der Waals surface area contributed by atoms with Crippen molar-refractivity contribution in [3.63, 3.8) is 0 Å². The highest BCUT2D eigenvalue weighted by molar-refractivity contribution is 5.83. The minimum Gasteiger partial charge on any atom is -0.480 e. The van der Waals surface area contributed by atoms with E-state index in [1.54, 1.807) is 6.92 Å². The first kappa shape index (κ1) is 24.8. The summed E-state index contributed by atoms with van der Waals surface area (Å²) in [7, 11) is 0. The summed E-state index contributed by atoms with van der Waals surface area (Å²) in [6, 6.07) is 15.6. The molecule has 2 aromatic rings. The predicted molar refractivity (Wildman–Crippen MR) is 133 cm³/mol. The van der Waals surface area contributed by atoms with Crippen LogP contribution >= 0.6 is 0 Å². The Balaban J connectivity index is 1.31. The monoisotopic (exact) mass is 478 g/mol. The van der Waals surface area contributed by atoms with Crippen molar-refractivity contribution < 1.29 is 24.2 Å². The zero-order valence-corrected chi connectivity index (χ0v) is 20.2. The average Bonchev–Trinajstić information content (AvgIpc) is 3.19. The normalized spacial score (nSPS) is 19.8. The van der Waals surface area contributed by atoms with Crippen LogP contribution in [0.5, 0.6) is 0 Å². The highest BCUT2D eigenvalue weighted by Crippen LogP contribution is 2.44. The topological polar surface area (TPSA) is 105 Å². The Hall–Kier alpha value is -3.35. The lowest BCUT2D eigenvalue weighted by Gasteiger charge is -2.32. The van der Waals surface area contributed by atoms with Crippen LogP contribution in [0, 0.1) is 5.92 Å². The average molecular weight is 479 g/mol. The Morgan fingerprint density at radius 3 is 2.26 bits per heavy atom. The number of carboxylic acid groups (broad SMARTS) is 1. The Labute approximate surface area is 206 Å². The second-order valence-corrected chi connectivity index (χ2v) is 9.53. The van der Waals surface area contributed by atoms with Gasteiger partial charge in [0, 0.05) is 18.4 Å². The Kier molecular flexibility index (Phi) is 8.06. The number of fused-ring (bicyclic) bond motifs is 3. The number of amides is 2. The van der Waals surface area contributed by atoms with E-state index in [1.807, 2.05) is 24.3 Å². The molecule has 0 aliphatic heterocycles. The summed E-state index contributed by atoms with van der Waals surface area (Å²) in [6.45, 7) is 2.00. The summed E-state index contributed by atoms with van der Waals surface area (Å²) in [6.07, 6.45) is 4.63. The molecule has 7 nitrogen and oxygen atoms in total. The minimum atomic E-state index is -1.02. The first-order valence-corrected chi connectivity index (χ1v) is 12.6. The molecule has 3 atom stereocenters. The van der Waals surface area contributed by atoms with E-state index in [0.717, 1.165) is 25.7 Å². The number of rotatable bonds is 9. The molecule has 3 N–H and O–H groups in total. The molecule has 2 aromatic carbocycles. The SMILES string of the molecule is CCC(NC(=O)CCC1CCCCC1NC(=O)OCC1c2ccccc2-c2ccccc21)C(=O)O. The highest BCUT2D eigenvalue weighted by atomic mass is 16.5. The fourth-order valence-corrected chi connectivity index (χ4v) is 5.46. The van der Waals surface area contributed by atoms with Crippen molar-refractivity contribution in [2.45, 2.75) is 69.9 Å². The Bertz CT molecular complexity index is 1020. The van der Waals surface area contributed by atoms with Crippen LogP contribution in [0.15, 0.2) is 48.5 Å². The quantitative estimate of drug-likeness (QED) is 0.478. The van der Waals surface area contributed by atoms with Crippen LogP contribution in [0.25, 0.3) is 11.1 Å². The van der Waals surface area contributed by atoms with Crippen molar-refractivity contribution in [3.8, 4) is 11.1 Å². The molecule has 3 unspecified atom stereocenters. The zero-order valence-electron chi connectivity index (χ0n) is 20.2. The number of carboxylic acids is 1. The fraction of sp³-hybridized carbons (Fsp3) is 0.464. The fourth-order valence-electron chi connectivity index (χ4n) is 5.46. The molecule has 0 heterocycles. The second-order valence-electron chi connectivity index (χ2n) is 9.53. The number of carbonyl (C=O) groups is 3. The highest BCUT2D eigenvalue weighted by Gasteiger charge is 2.31. The first-order chi connectivity index (χ1) is 17.0. The van der Waals surface area contributed by atoms with Gasteiger partial charge < -0.3 is 20.5 Å². The summed E-state index contributed by atoms with van der Waals surface area (Å²) >= 11 is 0. The minimum absolute atomic E-state index is 0.0137. The summed E-state index contributed by atoms with van der Waals surface area (Å²) in [5, 5.41) is 14.8. The van der Waals surface area contributed by atoms with Crippen molar-refractivity contribution in [1.82, 2.24) is 10.6 Å². The van der Waals surface area contributed by atoms with Crippen LogP contribution in [0.1, 0.15) is 68.9 Å². The molecule has 0 saturated heterocycles.